The average molecular weight is 274 g/mol. The molecule has 0 saturated carbocycles. The summed E-state index contributed by atoms with van der Waals surface area (Å²) in [6.45, 7) is 0. The van der Waals surface area contributed by atoms with Crippen molar-refractivity contribution in [3.8, 4) is 0 Å². The molecule has 0 spiro atoms. The molecule has 0 aliphatic rings. The first-order chi connectivity index (χ1) is 7.37. The van der Waals surface area contributed by atoms with Gasteiger partial charge in [-0.2, -0.15) is 0 Å². The first kappa shape index (κ1) is 15.9. The first-order valence-corrected chi connectivity index (χ1v) is 7.18. The Morgan fingerprint density at radius 3 is 2.25 bits per heavy atom. The second-order valence-electron chi connectivity index (χ2n) is 3.59. The van der Waals surface area contributed by atoms with Gasteiger partial charge >= 0.3 is 13.6 Å². The summed E-state index contributed by atoms with van der Waals surface area (Å²) in [5, 5.41) is 8.63. The van der Waals surface area contributed by atoms with Crippen molar-refractivity contribution >= 4 is 25.3 Å². The van der Waals surface area contributed by atoms with Crippen molar-refractivity contribution in [1.82, 2.24) is 4.84 Å². The van der Waals surface area contributed by atoms with Crippen molar-refractivity contribution in [1.29, 1.82) is 0 Å². The zero-order valence-electron chi connectivity index (χ0n) is 8.80. The van der Waals surface area contributed by atoms with Crippen molar-refractivity contribution in [3.05, 3.63) is 0 Å². The Hall–Kier alpha value is -0.130. The van der Waals surface area contributed by atoms with Crippen LogP contribution in [0.5, 0.6) is 0 Å². The number of hydrogen-bond acceptors (Lipinski definition) is 3. The highest BCUT2D eigenvalue weighted by atomic mass is 35.5. The highest BCUT2D eigenvalue weighted by Crippen LogP contribution is 2.35. The van der Waals surface area contributed by atoms with Gasteiger partial charge in [-0.15, -0.1) is 0 Å². The molecule has 0 rings (SSSR count). The van der Waals surface area contributed by atoms with Gasteiger partial charge in [-0.05, 0) is 24.6 Å². The van der Waals surface area contributed by atoms with Gasteiger partial charge in [-0.3, -0.25) is 9.36 Å². The third-order valence-electron chi connectivity index (χ3n) is 2.12. The smallest absolute Gasteiger partial charge is 0.325 e. The maximum absolute atomic E-state index is 10.5. The van der Waals surface area contributed by atoms with Crippen LogP contribution in [0.2, 0.25) is 0 Å². The molecule has 0 aromatic heterocycles. The Labute approximate surface area is 99.3 Å². The van der Waals surface area contributed by atoms with Gasteiger partial charge < -0.3 is 14.9 Å². The lowest BCUT2D eigenvalue weighted by Crippen LogP contribution is -2.30. The van der Waals surface area contributed by atoms with Gasteiger partial charge in [0.1, 0.15) is 6.04 Å². The van der Waals surface area contributed by atoms with Gasteiger partial charge in [-0.25, -0.2) is 4.84 Å². The maximum Gasteiger partial charge on any atom is 0.325 e. The number of nitrogens with one attached hydrogen (secondary N) is 1. The molecule has 96 valence electrons. The van der Waals surface area contributed by atoms with E-state index < -0.39 is 19.6 Å². The van der Waals surface area contributed by atoms with Crippen LogP contribution in [-0.2, 0) is 9.36 Å². The molecule has 8 heteroatoms. The molecular weight excluding hydrogens is 257 g/mol. The Balaban J connectivity index is 3.46. The zero-order chi connectivity index (χ0) is 12.6. The topological polar surface area (TPSA) is 107 Å². The van der Waals surface area contributed by atoms with Gasteiger partial charge in [0.05, 0.1) is 0 Å². The van der Waals surface area contributed by atoms with Crippen LogP contribution in [0.4, 0.5) is 0 Å². The van der Waals surface area contributed by atoms with Crippen molar-refractivity contribution in [2.45, 2.75) is 38.1 Å². The molecule has 0 heterocycles. The van der Waals surface area contributed by atoms with Crippen LogP contribution in [0.3, 0.4) is 0 Å². The van der Waals surface area contributed by atoms with Gasteiger partial charge in [0.15, 0.2) is 0 Å². The quantitative estimate of drug-likeness (QED) is 0.287. The summed E-state index contributed by atoms with van der Waals surface area (Å²) in [5.41, 5.74) is 0. The number of aliphatic carboxylic acids is 1. The minimum atomic E-state index is -3.88. The van der Waals surface area contributed by atoms with E-state index in [0.29, 0.717) is 25.7 Å². The van der Waals surface area contributed by atoms with Crippen LogP contribution in [0, 0.1) is 0 Å². The average Bonchev–Trinajstić information content (AvgIpc) is 2.14. The van der Waals surface area contributed by atoms with Gasteiger partial charge in [-0.1, -0.05) is 19.3 Å². The van der Waals surface area contributed by atoms with Gasteiger partial charge in [0.2, 0.25) is 0 Å². The summed E-state index contributed by atoms with van der Waals surface area (Å²) < 4.78 is 10.5. The van der Waals surface area contributed by atoms with E-state index in [4.69, 9.17) is 26.7 Å². The molecule has 0 aliphatic heterocycles. The highest BCUT2D eigenvalue weighted by molar-refractivity contribution is 7.51. The van der Waals surface area contributed by atoms with E-state index in [1.165, 1.54) is 0 Å². The number of carboxylic acid groups (broad SMARTS) is 1. The number of carbonyl (C=O) groups is 1. The number of rotatable bonds is 9. The second kappa shape index (κ2) is 8.03. The Kier molecular flexibility index (Phi) is 7.97. The fourth-order valence-electron chi connectivity index (χ4n) is 1.24. The van der Waals surface area contributed by atoms with E-state index in [0.717, 1.165) is 6.42 Å². The number of halogens is 1. The second-order valence-corrected chi connectivity index (χ2v) is 5.59. The molecule has 0 aliphatic carbocycles. The molecule has 0 aromatic carbocycles. The molecule has 16 heavy (non-hydrogen) atoms. The molecule has 4 N–H and O–H groups in total. The molecule has 0 fully saturated rings. The predicted octanol–water partition coefficient (Wildman–Crippen LogP) is 1.31. The van der Waals surface area contributed by atoms with Crippen LogP contribution in [0.1, 0.15) is 32.1 Å². The summed E-state index contributed by atoms with van der Waals surface area (Å²) in [6, 6.07) is -0.761. The standard InChI is InChI=1S/C8H17ClNO5P/c9-10-7(8(11)12)5-3-1-2-4-6-16(13,14)15/h7,10H,1-6H2,(H,11,12)(H2,13,14,15). The van der Waals surface area contributed by atoms with Crippen LogP contribution in [-0.4, -0.2) is 33.1 Å². The molecule has 0 saturated heterocycles. The number of hydrogen-bond donors (Lipinski definition) is 4. The Morgan fingerprint density at radius 1 is 1.25 bits per heavy atom. The lowest BCUT2D eigenvalue weighted by atomic mass is 10.1. The molecule has 0 aromatic rings. The van der Waals surface area contributed by atoms with Crippen molar-refractivity contribution in [3.63, 3.8) is 0 Å². The van der Waals surface area contributed by atoms with Crippen molar-refractivity contribution < 1.29 is 24.3 Å². The summed E-state index contributed by atoms with van der Waals surface area (Å²) in [5.74, 6) is -0.995. The minimum Gasteiger partial charge on any atom is -0.480 e. The monoisotopic (exact) mass is 273 g/mol. The van der Waals surface area contributed by atoms with E-state index in [1.807, 2.05) is 0 Å². The van der Waals surface area contributed by atoms with E-state index >= 15 is 0 Å². The largest absolute Gasteiger partial charge is 0.480 e. The third-order valence-corrected chi connectivity index (χ3v) is 3.28. The normalized spacial score (nSPS) is 13.7. The first-order valence-electron chi connectivity index (χ1n) is 5.00. The Morgan fingerprint density at radius 2 is 1.81 bits per heavy atom. The van der Waals surface area contributed by atoms with Crippen LogP contribution >= 0.6 is 19.4 Å². The molecule has 0 radical (unpaired) electrons. The lowest BCUT2D eigenvalue weighted by molar-refractivity contribution is -0.139. The van der Waals surface area contributed by atoms with Crippen molar-refractivity contribution in [2.75, 3.05) is 6.16 Å². The summed E-state index contributed by atoms with van der Waals surface area (Å²) in [7, 11) is -3.88. The van der Waals surface area contributed by atoms with Gasteiger partial charge in [0, 0.05) is 6.16 Å². The minimum absolute atomic E-state index is 0.108. The fraction of sp³-hybridized carbons (Fsp3) is 0.875. The summed E-state index contributed by atoms with van der Waals surface area (Å²) in [4.78, 5) is 29.9. The van der Waals surface area contributed by atoms with Crippen LogP contribution < -0.4 is 4.84 Å². The van der Waals surface area contributed by atoms with E-state index in [9.17, 15) is 9.36 Å². The number of unbranched alkanes of at least 4 members (excludes halogenated alkanes) is 3. The van der Waals surface area contributed by atoms with E-state index in [1.54, 1.807) is 0 Å². The molecule has 1 atom stereocenters. The fourth-order valence-corrected chi connectivity index (χ4v) is 2.08. The number of carboxylic acids is 1. The van der Waals surface area contributed by atoms with E-state index in [-0.39, 0.29) is 6.16 Å². The summed E-state index contributed by atoms with van der Waals surface area (Å²) in [6.07, 6.45) is 2.84. The predicted molar refractivity (Wildman–Crippen MR) is 60.4 cm³/mol. The molecule has 1 unspecified atom stereocenters. The molecule has 0 amide bonds. The van der Waals surface area contributed by atoms with Crippen molar-refractivity contribution in [2.24, 2.45) is 0 Å². The van der Waals surface area contributed by atoms with Crippen LogP contribution in [0.25, 0.3) is 0 Å². The highest BCUT2D eigenvalue weighted by Gasteiger charge is 2.15. The van der Waals surface area contributed by atoms with E-state index in [2.05, 4.69) is 4.84 Å². The van der Waals surface area contributed by atoms with Gasteiger partial charge in [0.25, 0.3) is 0 Å². The zero-order valence-corrected chi connectivity index (χ0v) is 10.5. The lowest BCUT2D eigenvalue weighted by Gasteiger charge is -2.08. The molecular formula is C8H17ClNO5P. The Bertz CT molecular complexity index is 257. The molecule has 6 nitrogen and oxygen atoms in total. The third kappa shape index (κ3) is 9.12. The maximum atomic E-state index is 10.5. The van der Waals surface area contributed by atoms with Crippen LogP contribution in [0.15, 0.2) is 0 Å². The molecule has 0 bridgehead atoms. The summed E-state index contributed by atoms with van der Waals surface area (Å²) >= 11 is 5.23. The SMILES string of the molecule is O=C(O)C(CCCCCCP(=O)(O)O)NCl.